The molecule has 7 heteroatoms. The Morgan fingerprint density at radius 2 is 1.29 bits per heavy atom. The molecule has 0 radical (unpaired) electrons. The van der Waals surface area contributed by atoms with Gasteiger partial charge in [0, 0.05) is 22.7 Å². The molecule has 2 rings (SSSR count). The fourth-order valence-electron chi connectivity index (χ4n) is 1.90. The van der Waals surface area contributed by atoms with Crippen LogP contribution < -0.4 is 27.8 Å². The molecule has 0 bridgehead atoms. The number of amidine groups is 1. The maximum absolute atomic E-state index is 5.81. The number of hydrogen-bond acceptors (Lipinski definition) is 4. The quantitative estimate of drug-likeness (QED) is 0.336. The van der Waals surface area contributed by atoms with E-state index in [1.165, 1.54) is 0 Å². The van der Waals surface area contributed by atoms with Crippen molar-refractivity contribution in [2.24, 2.45) is 15.7 Å². The van der Waals surface area contributed by atoms with E-state index in [1.807, 2.05) is 24.3 Å². The number of aliphatic imine (C=N–C) groups is 2. The van der Waals surface area contributed by atoms with Crippen molar-refractivity contribution in [1.82, 2.24) is 0 Å². The fraction of sp³-hybridized carbons (Fsp3) is 0.0588. The number of nitrogens with one attached hydrogen (secondary N) is 2. The first-order valence-corrected chi connectivity index (χ1v) is 7.26. The SMILES string of the molecule is C=C(/N=C(N)\N=C(/C)Nc1ccc(N)cc1)Nc1ccc(N)cc1. The lowest BCUT2D eigenvalue weighted by molar-refractivity contribution is 1.28. The summed E-state index contributed by atoms with van der Waals surface area (Å²) in [5, 5.41) is 6.11. The van der Waals surface area contributed by atoms with Gasteiger partial charge in [-0.2, -0.15) is 4.99 Å². The molecule has 7 nitrogen and oxygen atoms in total. The van der Waals surface area contributed by atoms with E-state index in [2.05, 4.69) is 27.2 Å². The predicted molar refractivity (Wildman–Crippen MR) is 103 cm³/mol. The van der Waals surface area contributed by atoms with E-state index >= 15 is 0 Å². The molecule has 0 aromatic heterocycles. The Balaban J connectivity index is 1.96. The highest BCUT2D eigenvalue weighted by atomic mass is 15.1. The summed E-state index contributed by atoms with van der Waals surface area (Å²) in [4.78, 5) is 8.27. The molecular formula is C17H21N7. The van der Waals surface area contributed by atoms with Crippen LogP contribution in [0.2, 0.25) is 0 Å². The van der Waals surface area contributed by atoms with E-state index in [-0.39, 0.29) is 5.96 Å². The van der Waals surface area contributed by atoms with E-state index in [1.54, 1.807) is 31.2 Å². The number of guanidine groups is 1. The number of nitrogen functional groups attached to an aromatic ring is 2. The fourth-order valence-corrected chi connectivity index (χ4v) is 1.90. The molecule has 0 aliphatic heterocycles. The van der Waals surface area contributed by atoms with Gasteiger partial charge in [0.15, 0.2) is 0 Å². The van der Waals surface area contributed by atoms with Crippen molar-refractivity contribution < 1.29 is 0 Å². The Kier molecular flexibility index (Phi) is 5.40. The zero-order valence-corrected chi connectivity index (χ0v) is 13.5. The van der Waals surface area contributed by atoms with Gasteiger partial charge in [-0.3, -0.25) is 0 Å². The zero-order chi connectivity index (χ0) is 17.5. The summed E-state index contributed by atoms with van der Waals surface area (Å²) in [6.45, 7) is 5.59. The van der Waals surface area contributed by atoms with Gasteiger partial charge in [0.1, 0.15) is 11.7 Å². The van der Waals surface area contributed by atoms with Crippen molar-refractivity contribution >= 4 is 34.5 Å². The largest absolute Gasteiger partial charge is 0.399 e. The van der Waals surface area contributed by atoms with Crippen LogP contribution in [-0.2, 0) is 0 Å². The van der Waals surface area contributed by atoms with E-state index in [0.29, 0.717) is 23.0 Å². The van der Waals surface area contributed by atoms with Gasteiger partial charge in [-0.15, -0.1) is 0 Å². The smallest absolute Gasteiger partial charge is 0.223 e. The van der Waals surface area contributed by atoms with Gasteiger partial charge < -0.3 is 27.8 Å². The third kappa shape index (κ3) is 5.38. The molecule has 8 N–H and O–H groups in total. The average Bonchev–Trinajstić information content (AvgIpc) is 2.51. The highest BCUT2D eigenvalue weighted by Gasteiger charge is 1.98. The maximum Gasteiger partial charge on any atom is 0.223 e. The molecule has 0 heterocycles. The third-order valence-electron chi connectivity index (χ3n) is 2.97. The highest BCUT2D eigenvalue weighted by molar-refractivity contribution is 6.01. The van der Waals surface area contributed by atoms with Crippen LogP contribution in [0.25, 0.3) is 0 Å². The molecule has 0 fully saturated rings. The van der Waals surface area contributed by atoms with Crippen molar-refractivity contribution in [2.45, 2.75) is 6.92 Å². The Morgan fingerprint density at radius 3 is 1.79 bits per heavy atom. The van der Waals surface area contributed by atoms with E-state index in [4.69, 9.17) is 17.2 Å². The molecule has 2 aromatic carbocycles. The highest BCUT2D eigenvalue weighted by Crippen LogP contribution is 2.13. The third-order valence-corrected chi connectivity index (χ3v) is 2.97. The normalized spacial score (nSPS) is 11.9. The molecule has 0 amide bonds. The Bertz CT molecular complexity index is 759. The standard InChI is InChI=1S/C17H21N7/c1-11(21-15-7-3-13(18)4-8-15)23-17(20)24-12(2)22-16-9-5-14(19)6-10-16/h3-10,21H,1,18-19H2,2H3,(H3,20,22,23,24). The van der Waals surface area contributed by atoms with E-state index < -0.39 is 0 Å². The summed E-state index contributed by atoms with van der Waals surface area (Å²) in [6.07, 6.45) is 0. The first kappa shape index (κ1) is 16.9. The molecule has 0 spiro atoms. The first-order valence-electron chi connectivity index (χ1n) is 7.26. The molecule has 0 aliphatic rings. The monoisotopic (exact) mass is 323 g/mol. The second kappa shape index (κ2) is 7.68. The second-order valence-electron chi connectivity index (χ2n) is 5.11. The van der Waals surface area contributed by atoms with Crippen LogP contribution in [0.3, 0.4) is 0 Å². The van der Waals surface area contributed by atoms with Crippen LogP contribution >= 0.6 is 0 Å². The maximum atomic E-state index is 5.81. The van der Waals surface area contributed by atoms with E-state index in [0.717, 1.165) is 11.4 Å². The summed E-state index contributed by atoms with van der Waals surface area (Å²) in [5.41, 5.74) is 20.1. The molecule has 0 saturated heterocycles. The van der Waals surface area contributed by atoms with Crippen molar-refractivity contribution in [1.29, 1.82) is 0 Å². The van der Waals surface area contributed by atoms with Crippen molar-refractivity contribution in [3.05, 3.63) is 60.9 Å². The number of hydrogen-bond donors (Lipinski definition) is 5. The minimum atomic E-state index is 0.0865. The van der Waals surface area contributed by atoms with Crippen molar-refractivity contribution in [3.8, 4) is 0 Å². The molecule has 0 saturated carbocycles. The molecule has 124 valence electrons. The van der Waals surface area contributed by atoms with Gasteiger partial charge in [0.25, 0.3) is 0 Å². The number of rotatable bonds is 4. The topological polar surface area (TPSA) is 127 Å². The molecule has 2 aromatic rings. The van der Waals surface area contributed by atoms with Crippen LogP contribution in [0.15, 0.2) is 70.9 Å². The molecule has 24 heavy (non-hydrogen) atoms. The minimum absolute atomic E-state index is 0.0865. The summed E-state index contributed by atoms with van der Waals surface area (Å²) in [7, 11) is 0. The Morgan fingerprint density at radius 1 is 0.833 bits per heavy atom. The summed E-state index contributed by atoms with van der Waals surface area (Å²) in [5.74, 6) is 1.06. The summed E-state index contributed by atoms with van der Waals surface area (Å²) < 4.78 is 0. The van der Waals surface area contributed by atoms with Crippen LogP contribution in [0.5, 0.6) is 0 Å². The predicted octanol–water partition coefficient (Wildman–Crippen LogP) is 2.58. The molecule has 0 atom stereocenters. The van der Waals surface area contributed by atoms with Gasteiger partial charge in [-0.1, -0.05) is 6.58 Å². The summed E-state index contributed by atoms with van der Waals surface area (Å²) >= 11 is 0. The van der Waals surface area contributed by atoms with Crippen molar-refractivity contribution in [2.75, 3.05) is 22.1 Å². The number of nitrogens with two attached hydrogens (primary N) is 3. The van der Waals surface area contributed by atoms with Crippen LogP contribution in [-0.4, -0.2) is 11.8 Å². The molecular weight excluding hydrogens is 302 g/mol. The number of nitrogens with zero attached hydrogens (tertiary/aromatic N) is 2. The van der Waals surface area contributed by atoms with Crippen LogP contribution in [0.4, 0.5) is 22.7 Å². The van der Waals surface area contributed by atoms with Crippen molar-refractivity contribution in [3.63, 3.8) is 0 Å². The number of benzene rings is 2. The van der Waals surface area contributed by atoms with Crippen LogP contribution in [0, 0.1) is 0 Å². The van der Waals surface area contributed by atoms with Gasteiger partial charge >= 0.3 is 0 Å². The van der Waals surface area contributed by atoms with Gasteiger partial charge in [-0.05, 0) is 55.5 Å². The minimum Gasteiger partial charge on any atom is -0.399 e. The van der Waals surface area contributed by atoms with E-state index in [9.17, 15) is 0 Å². The lowest BCUT2D eigenvalue weighted by atomic mass is 10.3. The lowest BCUT2D eigenvalue weighted by Gasteiger charge is -2.07. The molecule has 0 unspecified atom stereocenters. The Hall–Kier alpha value is -3.48. The van der Waals surface area contributed by atoms with Gasteiger partial charge in [0.05, 0.1) is 0 Å². The van der Waals surface area contributed by atoms with Gasteiger partial charge in [0.2, 0.25) is 5.96 Å². The second-order valence-corrected chi connectivity index (χ2v) is 5.11. The summed E-state index contributed by atoms with van der Waals surface area (Å²) in [6, 6.07) is 14.5. The lowest BCUT2D eigenvalue weighted by Crippen LogP contribution is -2.16. The van der Waals surface area contributed by atoms with Crippen LogP contribution in [0.1, 0.15) is 6.92 Å². The Labute approximate surface area is 141 Å². The zero-order valence-electron chi connectivity index (χ0n) is 13.5. The van der Waals surface area contributed by atoms with Gasteiger partial charge in [-0.25, -0.2) is 4.99 Å². The first-order chi connectivity index (χ1) is 11.4. The number of anilines is 4. The molecule has 0 aliphatic carbocycles. The average molecular weight is 323 g/mol.